The number of benzene rings is 1. The van der Waals surface area contributed by atoms with E-state index in [-0.39, 0.29) is 0 Å². The molecule has 1 atom stereocenters. The van der Waals surface area contributed by atoms with E-state index in [0.29, 0.717) is 11.4 Å². The Bertz CT molecular complexity index is 589. The molecule has 1 heterocycles. The van der Waals surface area contributed by atoms with E-state index in [2.05, 4.69) is 26.2 Å². The summed E-state index contributed by atoms with van der Waals surface area (Å²) >= 11 is 3.36. The van der Waals surface area contributed by atoms with Crippen LogP contribution in [-0.2, 0) is 10.3 Å². The Morgan fingerprint density at radius 3 is 2.68 bits per heavy atom. The van der Waals surface area contributed by atoms with Gasteiger partial charge in [0.1, 0.15) is 0 Å². The minimum atomic E-state index is -1.28. The SMILES string of the molecule is CC(Nc1cccc(Br)c1)(C(=O)O)c1ccccn1. The topological polar surface area (TPSA) is 62.2 Å². The number of carboxylic acids is 1. The van der Waals surface area contributed by atoms with Gasteiger partial charge in [-0.1, -0.05) is 28.1 Å². The summed E-state index contributed by atoms with van der Waals surface area (Å²) in [6.07, 6.45) is 1.58. The molecule has 2 N–H and O–H groups in total. The molecule has 19 heavy (non-hydrogen) atoms. The molecule has 1 aromatic heterocycles. The van der Waals surface area contributed by atoms with Gasteiger partial charge in [0, 0.05) is 16.4 Å². The molecule has 0 bridgehead atoms. The first-order valence-electron chi connectivity index (χ1n) is 5.71. The molecular formula is C14H13BrN2O2. The summed E-state index contributed by atoms with van der Waals surface area (Å²) in [6, 6.07) is 12.6. The first-order valence-corrected chi connectivity index (χ1v) is 6.50. The number of carbonyl (C=O) groups is 1. The van der Waals surface area contributed by atoms with E-state index < -0.39 is 11.5 Å². The second-order valence-electron chi connectivity index (χ2n) is 4.28. The summed E-state index contributed by atoms with van der Waals surface area (Å²) < 4.78 is 0.881. The molecule has 4 nitrogen and oxygen atoms in total. The predicted molar refractivity (Wildman–Crippen MR) is 77.0 cm³/mol. The molecule has 5 heteroatoms. The number of nitrogens with one attached hydrogen (secondary N) is 1. The number of anilines is 1. The lowest BCUT2D eigenvalue weighted by Gasteiger charge is -2.26. The zero-order valence-electron chi connectivity index (χ0n) is 10.3. The summed E-state index contributed by atoms with van der Waals surface area (Å²) in [6.45, 7) is 1.60. The number of nitrogens with zero attached hydrogens (tertiary/aromatic N) is 1. The van der Waals surface area contributed by atoms with Gasteiger partial charge in [-0.3, -0.25) is 4.98 Å². The highest BCUT2D eigenvalue weighted by molar-refractivity contribution is 9.10. The molecule has 0 aliphatic rings. The lowest BCUT2D eigenvalue weighted by atomic mass is 9.96. The van der Waals surface area contributed by atoms with Crippen molar-refractivity contribution in [3.05, 3.63) is 58.8 Å². The van der Waals surface area contributed by atoms with Gasteiger partial charge in [-0.25, -0.2) is 4.79 Å². The summed E-state index contributed by atoms with van der Waals surface area (Å²) in [5.74, 6) is -0.980. The van der Waals surface area contributed by atoms with Crippen LogP contribution < -0.4 is 5.32 Å². The van der Waals surface area contributed by atoms with Crippen molar-refractivity contribution in [1.29, 1.82) is 0 Å². The summed E-state index contributed by atoms with van der Waals surface area (Å²) in [5, 5.41) is 12.5. The maximum atomic E-state index is 11.6. The molecule has 0 fully saturated rings. The quantitative estimate of drug-likeness (QED) is 0.907. The van der Waals surface area contributed by atoms with Gasteiger partial charge >= 0.3 is 5.97 Å². The molecule has 0 spiro atoms. The van der Waals surface area contributed by atoms with Crippen molar-refractivity contribution in [2.24, 2.45) is 0 Å². The third-order valence-electron chi connectivity index (χ3n) is 2.82. The molecule has 0 aliphatic heterocycles. The van der Waals surface area contributed by atoms with E-state index in [1.165, 1.54) is 0 Å². The molecule has 0 saturated heterocycles. The van der Waals surface area contributed by atoms with E-state index in [1.807, 2.05) is 24.3 Å². The highest BCUT2D eigenvalue weighted by Crippen LogP contribution is 2.26. The van der Waals surface area contributed by atoms with Crippen molar-refractivity contribution < 1.29 is 9.90 Å². The standard InChI is InChI=1S/C14H13BrN2O2/c1-14(13(18)19,12-7-2-3-8-16-12)17-11-6-4-5-10(15)9-11/h2-9,17H,1H3,(H,18,19). The first kappa shape index (κ1) is 13.5. The van der Waals surface area contributed by atoms with Crippen LogP contribution in [0.3, 0.4) is 0 Å². The number of hydrogen-bond donors (Lipinski definition) is 2. The van der Waals surface area contributed by atoms with Crippen molar-refractivity contribution in [2.75, 3.05) is 5.32 Å². The number of halogens is 1. The number of aromatic nitrogens is 1. The highest BCUT2D eigenvalue weighted by atomic mass is 79.9. The normalized spacial score (nSPS) is 13.6. The lowest BCUT2D eigenvalue weighted by Crippen LogP contribution is -2.41. The Hall–Kier alpha value is -1.88. The zero-order valence-corrected chi connectivity index (χ0v) is 11.9. The van der Waals surface area contributed by atoms with Crippen LogP contribution >= 0.6 is 15.9 Å². The van der Waals surface area contributed by atoms with Crippen molar-refractivity contribution in [1.82, 2.24) is 4.98 Å². The van der Waals surface area contributed by atoms with Gasteiger partial charge in [0.25, 0.3) is 0 Å². The van der Waals surface area contributed by atoms with Crippen LogP contribution in [0.25, 0.3) is 0 Å². The Kier molecular flexibility index (Phi) is 3.85. The molecule has 1 aromatic carbocycles. The Morgan fingerprint density at radius 1 is 1.32 bits per heavy atom. The number of pyridine rings is 1. The maximum Gasteiger partial charge on any atom is 0.335 e. The lowest BCUT2D eigenvalue weighted by molar-refractivity contribution is -0.142. The van der Waals surface area contributed by atoms with E-state index >= 15 is 0 Å². The molecule has 1 unspecified atom stereocenters. The third-order valence-corrected chi connectivity index (χ3v) is 3.32. The van der Waals surface area contributed by atoms with Crippen LogP contribution in [0.4, 0.5) is 5.69 Å². The molecule has 2 aromatic rings. The number of aliphatic carboxylic acids is 1. The Labute approximate surface area is 119 Å². The Balaban J connectivity index is 2.39. The second kappa shape index (κ2) is 5.40. The van der Waals surface area contributed by atoms with Crippen molar-refractivity contribution >= 4 is 27.6 Å². The van der Waals surface area contributed by atoms with Crippen LogP contribution in [0.15, 0.2) is 53.1 Å². The predicted octanol–water partition coefficient (Wildman–Crippen LogP) is 3.26. The van der Waals surface area contributed by atoms with Crippen molar-refractivity contribution in [2.45, 2.75) is 12.5 Å². The average Bonchev–Trinajstić information content (AvgIpc) is 2.39. The van der Waals surface area contributed by atoms with Gasteiger partial charge in [0.05, 0.1) is 5.69 Å². The fraction of sp³-hybridized carbons (Fsp3) is 0.143. The number of hydrogen-bond acceptors (Lipinski definition) is 3. The van der Waals surface area contributed by atoms with E-state index in [4.69, 9.17) is 0 Å². The third kappa shape index (κ3) is 2.93. The van der Waals surface area contributed by atoms with Gasteiger partial charge in [-0.15, -0.1) is 0 Å². The minimum Gasteiger partial charge on any atom is -0.479 e. The molecular weight excluding hydrogens is 308 g/mol. The first-order chi connectivity index (χ1) is 9.02. The fourth-order valence-corrected chi connectivity index (χ4v) is 2.14. The monoisotopic (exact) mass is 320 g/mol. The molecule has 0 saturated carbocycles. The van der Waals surface area contributed by atoms with E-state index in [9.17, 15) is 9.90 Å². The molecule has 2 rings (SSSR count). The highest BCUT2D eigenvalue weighted by Gasteiger charge is 2.36. The number of carboxylic acid groups (broad SMARTS) is 1. The van der Waals surface area contributed by atoms with Gasteiger partial charge in [-0.05, 0) is 37.3 Å². The van der Waals surface area contributed by atoms with Crippen LogP contribution in [-0.4, -0.2) is 16.1 Å². The van der Waals surface area contributed by atoms with Gasteiger partial charge < -0.3 is 10.4 Å². The molecule has 98 valence electrons. The zero-order chi connectivity index (χ0) is 13.9. The van der Waals surface area contributed by atoms with Crippen LogP contribution in [0.5, 0.6) is 0 Å². The van der Waals surface area contributed by atoms with Gasteiger partial charge in [0.15, 0.2) is 5.54 Å². The van der Waals surface area contributed by atoms with Gasteiger partial charge in [-0.2, -0.15) is 0 Å². The van der Waals surface area contributed by atoms with Crippen LogP contribution in [0, 0.1) is 0 Å². The summed E-state index contributed by atoms with van der Waals surface area (Å²) in [5.41, 5.74) is -0.102. The average molecular weight is 321 g/mol. The summed E-state index contributed by atoms with van der Waals surface area (Å²) in [7, 11) is 0. The second-order valence-corrected chi connectivity index (χ2v) is 5.20. The van der Waals surface area contributed by atoms with Crippen molar-refractivity contribution in [3.63, 3.8) is 0 Å². The van der Waals surface area contributed by atoms with Crippen LogP contribution in [0.1, 0.15) is 12.6 Å². The van der Waals surface area contributed by atoms with Crippen molar-refractivity contribution in [3.8, 4) is 0 Å². The maximum absolute atomic E-state index is 11.6. The minimum absolute atomic E-state index is 0.461. The smallest absolute Gasteiger partial charge is 0.335 e. The number of rotatable bonds is 4. The summed E-state index contributed by atoms with van der Waals surface area (Å²) in [4.78, 5) is 15.7. The van der Waals surface area contributed by atoms with E-state index in [1.54, 1.807) is 31.3 Å². The Morgan fingerprint density at radius 2 is 2.11 bits per heavy atom. The van der Waals surface area contributed by atoms with Crippen LogP contribution in [0.2, 0.25) is 0 Å². The van der Waals surface area contributed by atoms with Gasteiger partial charge in [0.2, 0.25) is 0 Å². The molecule has 0 aliphatic carbocycles. The molecule has 0 radical (unpaired) electrons. The fourth-order valence-electron chi connectivity index (χ4n) is 1.74. The van der Waals surface area contributed by atoms with E-state index in [0.717, 1.165) is 4.47 Å². The largest absolute Gasteiger partial charge is 0.479 e. The molecule has 0 amide bonds.